The number of nitrogens with one attached hydrogen (secondary N) is 2. The van der Waals surface area contributed by atoms with Crippen LogP contribution >= 0.6 is 23.2 Å². The summed E-state index contributed by atoms with van der Waals surface area (Å²) in [4.78, 5) is 4.21. The average Bonchev–Trinajstić information content (AvgIpc) is 2.50. The number of anilines is 1. The minimum absolute atomic E-state index is 0.106. The number of hydrogen-bond donors (Lipinski definition) is 2. The van der Waals surface area contributed by atoms with Gasteiger partial charge in [0.2, 0.25) is 10.0 Å². The minimum atomic E-state index is -3.49. The third-order valence-electron chi connectivity index (χ3n) is 3.13. The molecule has 0 aliphatic heterocycles. The molecule has 5 nitrogen and oxygen atoms in total. The summed E-state index contributed by atoms with van der Waals surface area (Å²) >= 11 is 12.2. The van der Waals surface area contributed by atoms with Crippen LogP contribution in [-0.2, 0) is 10.0 Å². The highest BCUT2D eigenvalue weighted by atomic mass is 35.5. The van der Waals surface area contributed by atoms with Gasteiger partial charge in [0.15, 0.2) is 0 Å². The number of halogens is 2. The lowest BCUT2D eigenvalue weighted by molar-refractivity contribution is 0.588. The van der Waals surface area contributed by atoms with Crippen LogP contribution in [0, 0.1) is 0 Å². The second kappa shape index (κ2) is 6.83. The molecule has 1 unspecified atom stereocenters. The molecule has 22 heavy (non-hydrogen) atoms. The molecular formula is C14H15Cl2N3O2S. The number of pyridine rings is 1. The predicted molar refractivity (Wildman–Crippen MR) is 89.0 cm³/mol. The van der Waals surface area contributed by atoms with Crippen molar-refractivity contribution < 1.29 is 8.42 Å². The van der Waals surface area contributed by atoms with E-state index in [4.69, 9.17) is 23.2 Å². The fraction of sp³-hybridized carbons (Fsp3) is 0.214. The Hall–Kier alpha value is -1.34. The van der Waals surface area contributed by atoms with E-state index in [0.29, 0.717) is 15.9 Å². The topological polar surface area (TPSA) is 71.1 Å². The van der Waals surface area contributed by atoms with Gasteiger partial charge in [0.05, 0.1) is 16.1 Å². The maximum Gasteiger partial charge on any atom is 0.241 e. The summed E-state index contributed by atoms with van der Waals surface area (Å²) in [5.74, 6) is 0.540. The van der Waals surface area contributed by atoms with Gasteiger partial charge in [-0.3, -0.25) is 0 Å². The van der Waals surface area contributed by atoms with Gasteiger partial charge in [-0.1, -0.05) is 35.3 Å². The van der Waals surface area contributed by atoms with E-state index in [9.17, 15) is 8.42 Å². The van der Waals surface area contributed by atoms with Gasteiger partial charge in [-0.25, -0.2) is 18.1 Å². The van der Waals surface area contributed by atoms with Crippen LogP contribution in [-0.4, -0.2) is 20.4 Å². The van der Waals surface area contributed by atoms with Crippen LogP contribution < -0.4 is 10.0 Å². The molecule has 0 aliphatic carbocycles. The smallest absolute Gasteiger partial charge is 0.241 e. The zero-order chi connectivity index (χ0) is 16.3. The van der Waals surface area contributed by atoms with Crippen LogP contribution in [0.3, 0.4) is 0 Å². The van der Waals surface area contributed by atoms with Crippen LogP contribution in [0.25, 0.3) is 0 Å². The molecule has 1 aromatic heterocycles. The normalized spacial score (nSPS) is 12.9. The molecule has 0 saturated heterocycles. The Bertz CT molecular complexity index is 764. The molecule has 1 aromatic carbocycles. The van der Waals surface area contributed by atoms with Crippen molar-refractivity contribution in [1.29, 1.82) is 0 Å². The van der Waals surface area contributed by atoms with Crippen molar-refractivity contribution in [2.75, 3.05) is 12.4 Å². The SMILES string of the molecule is CNS(=O)(=O)c1ccc(NC(C)c2cccc(Cl)c2Cl)nc1. The first-order valence-electron chi connectivity index (χ1n) is 6.45. The molecule has 0 fully saturated rings. The van der Waals surface area contributed by atoms with Gasteiger partial charge in [0, 0.05) is 6.20 Å². The summed E-state index contributed by atoms with van der Waals surface area (Å²) in [6.07, 6.45) is 1.29. The van der Waals surface area contributed by atoms with Gasteiger partial charge in [-0.15, -0.1) is 0 Å². The number of nitrogens with zero attached hydrogens (tertiary/aromatic N) is 1. The number of rotatable bonds is 5. The lowest BCUT2D eigenvalue weighted by Gasteiger charge is -2.17. The van der Waals surface area contributed by atoms with Gasteiger partial charge in [-0.2, -0.15) is 0 Å². The van der Waals surface area contributed by atoms with Gasteiger partial charge in [0.1, 0.15) is 10.7 Å². The van der Waals surface area contributed by atoms with Gasteiger partial charge in [0.25, 0.3) is 0 Å². The Kier molecular flexibility index (Phi) is 5.28. The Morgan fingerprint density at radius 1 is 1.18 bits per heavy atom. The van der Waals surface area contributed by atoms with Crippen LogP contribution in [0.15, 0.2) is 41.4 Å². The first-order chi connectivity index (χ1) is 10.3. The molecule has 0 radical (unpaired) electrons. The molecular weight excluding hydrogens is 345 g/mol. The number of sulfonamides is 1. The van der Waals surface area contributed by atoms with Crippen molar-refractivity contribution in [3.05, 3.63) is 52.1 Å². The maximum atomic E-state index is 11.6. The summed E-state index contributed by atoms with van der Waals surface area (Å²) in [6, 6.07) is 8.34. The maximum absolute atomic E-state index is 11.6. The van der Waals surface area contributed by atoms with Crippen LogP contribution in [0.4, 0.5) is 5.82 Å². The van der Waals surface area contributed by atoms with E-state index in [1.807, 2.05) is 19.1 Å². The zero-order valence-corrected chi connectivity index (χ0v) is 14.3. The molecule has 0 saturated carbocycles. The van der Waals surface area contributed by atoms with E-state index >= 15 is 0 Å². The third kappa shape index (κ3) is 3.70. The molecule has 0 bridgehead atoms. The first-order valence-corrected chi connectivity index (χ1v) is 8.69. The van der Waals surface area contributed by atoms with Crippen molar-refractivity contribution >= 4 is 39.0 Å². The third-order valence-corrected chi connectivity index (χ3v) is 5.36. The summed E-state index contributed by atoms with van der Waals surface area (Å²) in [5.41, 5.74) is 0.836. The molecule has 1 heterocycles. The van der Waals surface area contributed by atoms with Crippen molar-refractivity contribution in [2.45, 2.75) is 17.9 Å². The number of benzene rings is 1. The summed E-state index contributed by atoms with van der Waals surface area (Å²) in [7, 11) is -2.13. The van der Waals surface area contributed by atoms with Crippen LogP contribution in [0.1, 0.15) is 18.5 Å². The lowest BCUT2D eigenvalue weighted by Crippen LogP contribution is -2.18. The molecule has 118 valence electrons. The minimum Gasteiger partial charge on any atom is -0.363 e. The largest absolute Gasteiger partial charge is 0.363 e. The van der Waals surface area contributed by atoms with E-state index in [1.165, 1.54) is 19.3 Å². The zero-order valence-electron chi connectivity index (χ0n) is 12.0. The standard InChI is InChI=1S/C14H15Cl2N3O2S/c1-9(11-4-3-5-12(15)14(11)16)19-13-7-6-10(8-18-13)22(20,21)17-2/h3-9,17H,1-2H3,(H,18,19). The van der Waals surface area contributed by atoms with E-state index in [-0.39, 0.29) is 10.9 Å². The molecule has 2 N–H and O–H groups in total. The molecule has 0 spiro atoms. The average molecular weight is 360 g/mol. The van der Waals surface area contributed by atoms with Crippen LogP contribution in [0.2, 0.25) is 10.0 Å². The van der Waals surface area contributed by atoms with E-state index in [2.05, 4.69) is 15.0 Å². The second-order valence-electron chi connectivity index (χ2n) is 4.60. The highest BCUT2D eigenvalue weighted by Crippen LogP contribution is 2.31. The van der Waals surface area contributed by atoms with E-state index < -0.39 is 10.0 Å². The van der Waals surface area contributed by atoms with Gasteiger partial charge >= 0.3 is 0 Å². The first kappa shape index (κ1) is 17.0. The van der Waals surface area contributed by atoms with Crippen molar-refractivity contribution in [3.63, 3.8) is 0 Å². The molecule has 1 atom stereocenters. The summed E-state index contributed by atoms with van der Waals surface area (Å²) < 4.78 is 25.5. The molecule has 8 heteroatoms. The van der Waals surface area contributed by atoms with Gasteiger partial charge < -0.3 is 5.32 Å². The Labute approximate surface area is 139 Å². The Morgan fingerprint density at radius 3 is 2.50 bits per heavy atom. The van der Waals surface area contributed by atoms with E-state index in [0.717, 1.165) is 5.56 Å². The lowest BCUT2D eigenvalue weighted by atomic mass is 10.1. The quantitative estimate of drug-likeness (QED) is 0.857. The summed E-state index contributed by atoms with van der Waals surface area (Å²) in [6.45, 7) is 1.91. The summed E-state index contributed by atoms with van der Waals surface area (Å²) in [5, 5.41) is 4.12. The Balaban J connectivity index is 2.19. The molecule has 2 rings (SSSR count). The molecule has 0 aliphatic rings. The van der Waals surface area contributed by atoms with Gasteiger partial charge in [-0.05, 0) is 37.7 Å². The number of hydrogen-bond acceptors (Lipinski definition) is 4. The fourth-order valence-electron chi connectivity index (χ4n) is 1.90. The highest BCUT2D eigenvalue weighted by Gasteiger charge is 2.14. The molecule has 2 aromatic rings. The van der Waals surface area contributed by atoms with E-state index in [1.54, 1.807) is 12.1 Å². The van der Waals surface area contributed by atoms with Crippen molar-refractivity contribution in [1.82, 2.24) is 9.71 Å². The predicted octanol–water partition coefficient (Wildman–Crippen LogP) is 3.47. The molecule has 0 amide bonds. The van der Waals surface area contributed by atoms with Crippen molar-refractivity contribution in [2.24, 2.45) is 0 Å². The highest BCUT2D eigenvalue weighted by molar-refractivity contribution is 7.89. The Morgan fingerprint density at radius 2 is 1.91 bits per heavy atom. The number of aromatic nitrogens is 1. The van der Waals surface area contributed by atoms with Crippen molar-refractivity contribution in [3.8, 4) is 0 Å². The fourth-order valence-corrected chi connectivity index (χ4v) is 3.04. The monoisotopic (exact) mass is 359 g/mol. The second-order valence-corrected chi connectivity index (χ2v) is 7.27. The van der Waals surface area contributed by atoms with Crippen LogP contribution in [0.5, 0.6) is 0 Å².